The van der Waals surface area contributed by atoms with Gasteiger partial charge in [0.2, 0.25) is 10.0 Å². The number of rotatable bonds is 4. The summed E-state index contributed by atoms with van der Waals surface area (Å²) in [7, 11) is -3.62. The van der Waals surface area contributed by atoms with Crippen LogP contribution in [-0.2, 0) is 10.0 Å². The van der Waals surface area contributed by atoms with E-state index >= 15 is 0 Å². The predicted molar refractivity (Wildman–Crippen MR) is 98.2 cm³/mol. The van der Waals surface area contributed by atoms with Gasteiger partial charge >= 0.3 is 0 Å². The molecular formula is C17H17BrN2O4S. The van der Waals surface area contributed by atoms with Gasteiger partial charge < -0.3 is 10.4 Å². The summed E-state index contributed by atoms with van der Waals surface area (Å²) < 4.78 is 27.4. The van der Waals surface area contributed by atoms with Crippen molar-refractivity contribution in [3.05, 3.63) is 52.5 Å². The Hall–Kier alpha value is -1.90. The number of benzene rings is 2. The van der Waals surface area contributed by atoms with E-state index < -0.39 is 15.9 Å². The molecule has 0 aliphatic carbocycles. The number of anilines is 1. The normalized spacial score (nSPS) is 15.2. The summed E-state index contributed by atoms with van der Waals surface area (Å²) in [6.07, 6.45) is 1.67. The Kier molecular flexibility index (Phi) is 5.12. The molecule has 3 rings (SSSR count). The van der Waals surface area contributed by atoms with E-state index in [1.54, 1.807) is 24.3 Å². The smallest absolute Gasteiger partial charge is 0.255 e. The molecule has 0 unspecified atom stereocenters. The second-order valence-electron chi connectivity index (χ2n) is 5.75. The fourth-order valence-corrected chi connectivity index (χ4v) is 4.62. The lowest BCUT2D eigenvalue weighted by Crippen LogP contribution is -2.28. The van der Waals surface area contributed by atoms with Crippen LogP contribution in [0.5, 0.6) is 5.75 Å². The zero-order valence-electron chi connectivity index (χ0n) is 13.3. The molecule has 132 valence electrons. The quantitative estimate of drug-likeness (QED) is 0.737. The number of aromatic hydroxyl groups is 1. The Morgan fingerprint density at radius 3 is 2.52 bits per heavy atom. The average Bonchev–Trinajstić information content (AvgIpc) is 3.12. The van der Waals surface area contributed by atoms with E-state index in [1.165, 1.54) is 22.5 Å². The van der Waals surface area contributed by atoms with Crippen molar-refractivity contribution in [1.29, 1.82) is 0 Å². The topological polar surface area (TPSA) is 86.7 Å². The Bertz CT molecular complexity index is 909. The number of carbonyl (C=O) groups excluding carboxylic acids is 1. The van der Waals surface area contributed by atoms with Gasteiger partial charge in [0.25, 0.3) is 5.91 Å². The molecule has 2 aromatic rings. The first-order chi connectivity index (χ1) is 11.9. The van der Waals surface area contributed by atoms with E-state index in [1.807, 2.05) is 0 Å². The summed E-state index contributed by atoms with van der Waals surface area (Å²) in [4.78, 5) is 12.4. The van der Waals surface area contributed by atoms with Crippen molar-refractivity contribution in [3.8, 4) is 5.75 Å². The lowest BCUT2D eigenvalue weighted by molar-refractivity contribution is 0.102. The number of hydrogen-bond acceptors (Lipinski definition) is 4. The van der Waals surface area contributed by atoms with E-state index in [4.69, 9.17) is 0 Å². The summed E-state index contributed by atoms with van der Waals surface area (Å²) in [5.74, 6) is -0.629. The monoisotopic (exact) mass is 424 g/mol. The van der Waals surface area contributed by atoms with Crippen LogP contribution in [-0.4, -0.2) is 36.8 Å². The van der Waals surface area contributed by atoms with Crippen LogP contribution in [0.4, 0.5) is 5.69 Å². The highest BCUT2D eigenvalue weighted by Gasteiger charge is 2.28. The first kappa shape index (κ1) is 17.9. The number of nitrogens with one attached hydrogen (secondary N) is 1. The molecule has 1 heterocycles. The Balaban J connectivity index is 1.88. The number of amides is 1. The molecule has 1 aliphatic heterocycles. The minimum absolute atomic E-state index is 0.0525. The maximum absolute atomic E-state index is 12.6. The minimum atomic E-state index is -3.62. The van der Waals surface area contributed by atoms with Gasteiger partial charge in [-0.3, -0.25) is 4.79 Å². The highest BCUT2D eigenvalue weighted by Crippen LogP contribution is 2.29. The fourth-order valence-electron chi connectivity index (χ4n) is 2.68. The van der Waals surface area contributed by atoms with Crippen LogP contribution < -0.4 is 5.32 Å². The van der Waals surface area contributed by atoms with Gasteiger partial charge in [0, 0.05) is 23.1 Å². The number of hydrogen-bond donors (Lipinski definition) is 2. The van der Waals surface area contributed by atoms with Crippen LogP contribution in [0.2, 0.25) is 0 Å². The maximum atomic E-state index is 12.6. The van der Waals surface area contributed by atoms with Gasteiger partial charge in [0.05, 0.1) is 10.6 Å². The first-order valence-electron chi connectivity index (χ1n) is 7.78. The van der Waals surface area contributed by atoms with Crippen LogP contribution in [0.15, 0.2) is 51.8 Å². The fraction of sp³-hybridized carbons (Fsp3) is 0.235. The summed E-state index contributed by atoms with van der Waals surface area (Å²) >= 11 is 3.29. The SMILES string of the molecule is O=C(Nc1cc(S(=O)(=O)N2CCCC2)ccc1O)c1cccc(Br)c1. The molecule has 0 spiro atoms. The molecule has 1 saturated heterocycles. The lowest BCUT2D eigenvalue weighted by Gasteiger charge is -2.16. The van der Waals surface area contributed by atoms with Crippen molar-refractivity contribution in [2.24, 2.45) is 0 Å². The van der Waals surface area contributed by atoms with Crippen molar-refractivity contribution in [1.82, 2.24) is 4.31 Å². The van der Waals surface area contributed by atoms with Gasteiger partial charge in [-0.25, -0.2) is 8.42 Å². The number of phenolic OH excluding ortho intramolecular Hbond substituents is 1. The molecular weight excluding hydrogens is 408 g/mol. The lowest BCUT2D eigenvalue weighted by atomic mass is 10.2. The van der Waals surface area contributed by atoms with Crippen LogP contribution in [0.25, 0.3) is 0 Å². The third-order valence-electron chi connectivity index (χ3n) is 4.01. The predicted octanol–water partition coefficient (Wildman–Crippen LogP) is 3.19. The highest BCUT2D eigenvalue weighted by molar-refractivity contribution is 9.10. The van der Waals surface area contributed by atoms with Gasteiger partial charge in [0.15, 0.2) is 0 Å². The minimum Gasteiger partial charge on any atom is -0.506 e. The largest absolute Gasteiger partial charge is 0.506 e. The van der Waals surface area contributed by atoms with Crippen molar-refractivity contribution in [3.63, 3.8) is 0 Å². The van der Waals surface area contributed by atoms with Gasteiger partial charge in [-0.05, 0) is 49.2 Å². The van der Waals surface area contributed by atoms with E-state index in [0.29, 0.717) is 18.7 Å². The summed E-state index contributed by atoms with van der Waals surface area (Å²) in [5.41, 5.74) is 0.451. The number of sulfonamides is 1. The molecule has 1 fully saturated rings. The van der Waals surface area contributed by atoms with Crippen LogP contribution >= 0.6 is 15.9 Å². The van der Waals surface area contributed by atoms with Crippen molar-refractivity contribution < 1.29 is 18.3 Å². The number of phenols is 1. The standard InChI is InChI=1S/C17H17BrN2O4S/c18-13-5-3-4-12(10-13)17(22)19-15-11-14(6-7-16(15)21)25(23,24)20-8-1-2-9-20/h3-7,10-11,21H,1-2,8-9H2,(H,19,22). The molecule has 2 aromatic carbocycles. The first-order valence-corrected chi connectivity index (χ1v) is 10.0. The molecule has 1 aliphatic rings. The Morgan fingerprint density at radius 1 is 1.12 bits per heavy atom. The van der Waals surface area contributed by atoms with E-state index in [-0.39, 0.29) is 16.3 Å². The number of nitrogens with zero attached hydrogens (tertiary/aromatic N) is 1. The van der Waals surface area contributed by atoms with Crippen LogP contribution in [0.1, 0.15) is 23.2 Å². The van der Waals surface area contributed by atoms with E-state index in [2.05, 4.69) is 21.2 Å². The van der Waals surface area contributed by atoms with Crippen LogP contribution in [0, 0.1) is 0 Å². The third-order valence-corrected chi connectivity index (χ3v) is 6.39. The second-order valence-corrected chi connectivity index (χ2v) is 8.61. The molecule has 0 aromatic heterocycles. The summed E-state index contributed by atoms with van der Waals surface area (Å²) in [6, 6.07) is 10.7. The summed E-state index contributed by atoms with van der Waals surface area (Å²) in [5, 5.41) is 12.5. The molecule has 1 amide bonds. The van der Waals surface area contributed by atoms with Crippen molar-refractivity contribution >= 4 is 37.5 Å². The highest BCUT2D eigenvalue weighted by atomic mass is 79.9. The number of carbonyl (C=O) groups is 1. The second kappa shape index (κ2) is 7.15. The number of halogens is 1. The molecule has 2 N–H and O–H groups in total. The van der Waals surface area contributed by atoms with Gasteiger partial charge in [-0.2, -0.15) is 4.31 Å². The Morgan fingerprint density at radius 2 is 1.84 bits per heavy atom. The molecule has 6 nitrogen and oxygen atoms in total. The Labute approximate surface area is 154 Å². The third kappa shape index (κ3) is 3.86. The molecule has 25 heavy (non-hydrogen) atoms. The maximum Gasteiger partial charge on any atom is 0.255 e. The zero-order chi connectivity index (χ0) is 18.0. The molecule has 0 radical (unpaired) electrons. The van der Waals surface area contributed by atoms with Gasteiger partial charge in [-0.15, -0.1) is 0 Å². The van der Waals surface area contributed by atoms with Crippen molar-refractivity contribution in [2.45, 2.75) is 17.7 Å². The molecule has 8 heteroatoms. The van der Waals surface area contributed by atoms with E-state index in [9.17, 15) is 18.3 Å². The van der Waals surface area contributed by atoms with Gasteiger partial charge in [-0.1, -0.05) is 22.0 Å². The molecule has 0 atom stereocenters. The van der Waals surface area contributed by atoms with Crippen molar-refractivity contribution in [2.75, 3.05) is 18.4 Å². The molecule has 0 saturated carbocycles. The zero-order valence-corrected chi connectivity index (χ0v) is 15.7. The average molecular weight is 425 g/mol. The van der Waals surface area contributed by atoms with E-state index in [0.717, 1.165) is 17.3 Å². The molecule has 0 bridgehead atoms. The van der Waals surface area contributed by atoms with Gasteiger partial charge in [0.1, 0.15) is 5.75 Å². The summed E-state index contributed by atoms with van der Waals surface area (Å²) in [6.45, 7) is 0.978. The van der Waals surface area contributed by atoms with Crippen LogP contribution in [0.3, 0.4) is 0 Å².